The lowest BCUT2D eigenvalue weighted by atomic mass is 9.87. The minimum absolute atomic E-state index is 0.172. The second-order valence-corrected chi connectivity index (χ2v) is 7.23. The zero-order valence-corrected chi connectivity index (χ0v) is 13.6. The molecule has 1 atom stereocenters. The van der Waals surface area contributed by atoms with Crippen LogP contribution >= 0.6 is 11.3 Å². The van der Waals surface area contributed by atoms with Crippen LogP contribution in [0, 0.1) is 12.3 Å². The molecular formula is C16H21N3OS. The number of rotatable bonds is 3. The number of hydrogen-bond donors (Lipinski definition) is 2. The molecule has 5 heteroatoms. The van der Waals surface area contributed by atoms with Crippen molar-refractivity contribution in [3.05, 3.63) is 34.7 Å². The largest absolute Gasteiger partial charge is 0.325 e. The van der Waals surface area contributed by atoms with E-state index in [1.54, 1.807) is 11.3 Å². The topological polar surface area (TPSA) is 68.0 Å². The molecule has 0 saturated carbocycles. The van der Waals surface area contributed by atoms with E-state index in [1.807, 2.05) is 57.3 Å². The van der Waals surface area contributed by atoms with Crippen LogP contribution in [0.5, 0.6) is 0 Å². The molecule has 4 nitrogen and oxygen atoms in total. The molecule has 112 valence electrons. The molecule has 0 spiro atoms. The van der Waals surface area contributed by atoms with Crippen molar-refractivity contribution in [3.8, 4) is 11.3 Å². The van der Waals surface area contributed by atoms with Gasteiger partial charge in [0.25, 0.3) is 0 Å². The smallest absolute Gasteiger partial charge is 0.241 e. The summed E-state index contributed by atoms with van der Waals surface area (Å²) in [5.41, 5.74) is 8.35. The SMILES string of the molecule is Cc1nc(-c2cccc(NC(=O)[C@H](N)C(C)(C)C)c2)cs1. The van der Waals surface area contributed by atoms with Gasteiger partial charge in [-0.3, -0.25) is 4.79 Å². The maximum Gasteiger partial charge on any atom is 0.241 e. The summed E-state index contributed by atoms with van der Waals surface area (Å²) in [4.78, 5) is 16.6. The van der Waals surface area contributed by atoms with Crippen molar-refractivity contribution in [1.29, 1.82) is 0 Å². The zero-order chi connectivity index (χ0) is 15.6. The van der Waals surface area contributed by atoms with Crippen molar-refractivity contribution in [2.75, 3.05) is 5.32 Å². The Kier molecular flexibility index (Phi) is 4.44. The highest BCUT2D eigenvalue weighted by molar-refractivity contribution is 7.09. The first-order valence-electron chi connectivity index (χ1n) is 6.86. The molecule has 0 bridgehead atoms. The lowest BCUT2D eigenvalue weighted by Gasteiger charge is -2.25. The Morgan fingerprint density at radius 1 is 1.38 bits per heavy atom. The first kappa shape index (κ1) is 15.7. The van der Waals surface area contributed by atoms with E-state index in [0.29, 0.717) is 0 Å². The molecule has 3 N–H and O–H groups in total. The summed E-state index contributed by atoms with van der Waals surface area (Å²) < 4.78 is 0. The fraction of sp³-hybridized carbons (Fsp3) is 0.375. The molecule has 1 amide bonds. The van der Waals surface area contributed by atoms with Gasteiger partial charge in [0.2, 0.25) is 5.91 Å². The third-order valence-corrected chi connectivity index (χ3v) is 4.03. The van der Waals surface area contributed by atoms with Gasteiger partial charge in [0.15, 0.2) is 0 Å². The number of aromatic nitrogens is 1. The molecule has 1 aromatic carbocycles. The summed E-state index contributed by atoms with van der Waals surface area (Å²) in [5, 5.41) is 5.91. The van der Waals surface area contributed by atoms with Gasteiger partial charge in [0.1, 0.15) is 0 Å². The number of benzene rings is 1. The van der Waals surface area contributed by atoms with Crippen LogP contribution in [0.2, 0.25) is 0 Å². The van der Waals surface area contributed by atoms with Gasteiger partial charge in [-0.2, -0.15) is 0 Å². The number of nitrogens with two attached hydrogens (primary N) is 1. The molecule has 1 heterocycles. The van der Waals surface area contributed by atoms with E-state index in [2.05, 4.69) is 10.3 Å². The monoisotopic (exact) mass is 303 g/mol. The van der Waals surface area contributed by atoms with E-state index >= 15 is 0 Å². The van der Waals surface area contributed by atoms with Crippen LogP contribution in [-0.2, 0) is 4.79 Å². The summed E-state index contributed by atoms with van der Waals surface area (Å²) in [6.45, 7) is 7.82. The minimum atomic E-state index is -0.553. The van der Waals surface area contributed by atoms with Gasteiger partial charge >= 0.3 is 0 Å². The van der Waals surface area contributed by atoms with Gasteiger partial charge in [-0.1, -0.05) is 32.9 Å². The minimum Gasteiger partial charge on any atom is -0.325 e. The number of amides is 1. The van der Waals surface area contributed by atoms with Crippen LogP contribution in [0.15, 0.2) is 29.6 Å². The van der Waals surface area contributed by atoms with Gasteiger partial charge in [-0.05, 0) is 24.5 Å². The average Bonchev–Trinajstić information content (AvgIpc) is 2.84. The van der Waals surface area contributed by atoms with E-state index in [1.165, 1.54) is 0 Å². The highest BCUT2D eigenvalue weighted by Crippen LogP contribution is 2.25. The highest BCUT2D eigenvalue weighted by atomic mass is 32.1. The first-order valence-corrected chi connectivity index (χ1v) is 7.74. The van der Waals surface area contributed by atoms with Crippen LogP contribution in [0.1, 0.15) is 25.8 Å². The standard InChI is InChI=1S/C16H21N3OS/c1-10-18-13(9-21-10)11-6-5-7-12(8-11)19-15(20)14(17)16(2,3)4/h5-9,14H,17H2,1-4H3,(H,19,20)/t14-/m0/s1. The fourth-order valence-corrected chi connectivity index (χ4v) is 2.49. The molecule has 2 aromatic rings. The summed E-state index contributed by atoms with van der Waals surface area (Å²) in [5.74, 6) is -0.172. The second kappa shape index (κ2) is 5.95. The Hall–Kier alpha value is -1.72. The summed E-state index contributed by atoms with van der Waals surface area (Å²) in [6, 6.07) is 7.11. The average molecular weight is 303 g/mol. The predicted octanol–water partition coefficient (Wildman–Crippen LogP) is 3.43. The van der Waals surface area contributed by atoms with Crippen molar-refractivity contribution < 1.29 is 4.79 Å². The zero-order valence-electron chi connectivity index (χ0n) is 12.8. The second-order valence-electron chi connectivity index (χ2n) is 6.17. The molecule has 21 heavy (non-hydrogen) atoms. The Morgan fingerprint density at radius 3 is 2.67 bits per heavy atom. The normalized spacial score (nSPS) is 13.0. The quantitative estimate of drug-likeness (QED) is 0.912. The number of aryl methyl sites for hydroxylation is 1. The van der Waals surface area contributed by atoms with Crippen LogP contribution in [0.4, 0.5) is 5.69 Å². The number of nitrogens with one attached hydrogen (secondary N) is 1. The first-order chi connectivity index (χ1) is 9.77. The number of hydrogen-bond acceptors (Lipinski definition) is 4. The summed E-state index contributed by atoms with van der Waals surface area (Å²) in [6.07, 6.45) is 0. The molecule has 0 aliphatic heterocycles. The lowest BCUT2D eigenvalue weighted by molar-refractivity contribution is -0.119. The molecule has 0 aliphatic rings. The maximum absolute atomic E-state index is 12.2. The Bertz CT molecular complexity index is 643. The van der Waals surface area contributed by atoms with E-state index in [4.69, 9.17) is 5.73 Å². The molecule has 2 rings (SSSR count). The van der Waals surface area contributed by atoms with E-state index in [0.717, 1.165) is 22.0 Å². The Morgan fingerprint density at radius 2 is 2.10 bits per heavy atom. The van der Waals surface area contributed by atoms with Crippen molar-refractivity contribution in [2.24, 2.45) is 11.1 Å². The summed E-state index contributed by atoms with van der Waals surface area (Å²) >= 11 is 1.61. The fourth-order valence-electron chi connectivity index (χ4n) is 1.87. The van der Waals surface area contributed by atoms with Gasteiger partial charge in [-0.15, -0.1) is 11.3 Å². The van der Waals surface area contributed by atoms with E-state index in [-0.39, 0.29) is 11.3 Å². The molecule has 0 radical (unpaired) electrons. The lowest BCUT2D eigenvalue weighted by Crippen LogP contribution is -2.45. The predicted molar refractivity (Wildman–Crippen MR) is 88.3 cm³/mol. The number of anilines is 1. The van der Waals surface area contributed by atoms with Crippen LogP contribution in [0.25, 0.3) is 11.3 Å². The maximum atomic E-state index is 12.2. The van der Waals surface area contributed by atoms with Gasteiger partial charge in [0, 0.05) is 16.6 Å². The Labute approximate surface area is 129 Å². The molecule has 0 aliphatic carbocycles. The molecule has 0 saturated heterocycles. The summed E-state index contributed by atoms with van der Waals surface area (Å²) in [7, 11) is 0. The van der Waals surface area contributed by atoms with Crippen LogP contribution in [0.3, 0.4) is 0 Å². The number of carbonyl (C=O) groups is 1. The third-order valence-electron chi connectivity index (χ3n) is 3.26. The van der Waals surface area contributed by atoms with Gasteiger partial charge < -0.3 is 11.1 Å². The number of carbonyl (C=O) groups excluding carboxylic acids is 1. The molecule has 0 unspecified atom stereocenters. The van der Waals surface area contributed by atoms with Crippen molar-refractivity contribution >= 4 is 22.9 Å². The highest BCUT2D eigenvalue weighted by Gasteiger charge is 2.27. The molecular weight excluding hydrogens is 282 g/mol. The van der Waals surface area contributed by atoms with Gasteiger partial charge in [-0.25, -0.2) is 4.98 Å². The third kappa shape index (κ3) is 3.89. The van der Waals surface area contributed by atoms with Crippen molar-refractivity contribution in [1.82, 2.24) is 4.98 Å². The van der Waals surface area contributed by atoms with Crippen LogP contribution in [-0.4, -0.2) is 16.9 Å². The molecule has 1 aromatic heterocycles. The molecule has 0 fully saturated rings. The van der Waals surface area contributed by atoms with E-state index in [9.17, 15) is 4.79 Å². The number of thiazole rings is 1. The van der Waals surface area contributed by atoms with E-state index < -0.39 is 6.04 Å². The van der Waals surface area contributed by atoms with Gasteiger partial charge in [0.05, 0.1) is 16.7 Å². The van der Waals surface area contributed by atoms with Crippen molar-refractivity contribution in [2.45, 2.75) is 33.7 Å². The Balaban J connectivity index is 2.17. The van der Waals surface area contributed by atoms with Crippen molar-refractivity contribution in [3.63, 3.8) is 0 Å². The number of nitrogens with zero attached hydrogens (tertiary/aromatic N) is 1. The van der Waals surface area contributed by atoms with Crippen LogP contribution < -0.4 is 11.1 Å².